The number of carbonyl (C=O) groups excluding carboxylic acids is 1. The van der Waals surface area contributed by atoms with Crippen LogP contribution in [0.1, 0.15) is 27.8 Å². The topological polar surface area (TPSA) is 54.9 Å². The number of hydrogen-bond donors (Lipinski definition) is 1. The molecule has 4 heteroatoms. The van der Waals surface area contributed by atoms with Gasteiger partial charge in [-0.1, -0.05) is 42.5 Å². The Bertz CT molecular complexity index is 691. The van der Waals surface area contributed by atoms with Gasteiger partial charge in [0.05, 0.1) is 11.7 Å². The third kappa shape index (κ3) is 3.17. The lowest BCUT2D eigenvalue weighted by Crippen LogP contribution is -2.30. The number of amides is 1. The van der Waals surface area contributed by atoms with Crippen LogP contribution in [0.3, 0.4) is 0 Å². The summed E-state index contributed by atoms with van der Waals surface area (Å²) in [7, 11) is 0. The van der Waals surface area contributed by atoms with Crippen molar-refractivity contribution in [2.75, 3.05) is 0 Å². The molecule has 2 heterocycles. The lowest BCUT2D eigenvalue weighted by molar-refractivity contribution is 0.0937. The normalized spacial score (nSPS) is 11.6. The maximum absolute atomic E-state index is 12.4. The van der Waals surface area contributed by atoms with Crippen LogP contribution in [-0.4, -0.2) is 15.9 Å². The zero-order valence-corrected chi connectivity index (χ0v) is 11.9. The minimum atomic E-state index is -0.308. The van der Waals surface area contributed by atoms with Crippen LogP contribution in [-0.2, 0) is 0 Å². The molecule has 3 rings (SSSR count). The Hall–Kier alpha value is -3.01. The van der Waals surface area contributed by atoms with E-state index in [9.17, 15) is 4.79 Å². The number of hydrogen-bond acceptors (Lipinski definition) is 3. The smallest absolute Gasteiger partial charge is 0.270 e. The van der Waals surface area contributed by atoms with Crippen LogP contribution in [0.25, 0.3) is 0 Å². The quantitative estimate of drug-likeness (QED) is 0.803. The summed E-state index contributed by atoms with van der Waals surface area (Å²) in [5.41, 5.74) is 2.16. The summed E-state index contributed by atoms with van der Waals surface area (Å²) in [6.07, 6.45) is 3.32. The molecule has 1 atom stereocenters. The lowest BCUT2D eigenvalue weighted by atomic mass is 10.0. The molecule has 0 radical (unpaired) electrons. The van der Waals surface area contributed by atoms with Crippen LogP contribution in [0.4, 0.5) is 0 Å². The Morgan fingerprint density at radius 2 is 1.50 bits per heavy atom. The monoisotopic (exact) mass is 289 g/mol. The zero-order chi connectivity index (χ0) is 15.2. The van der Waals surface area contributed by atoms with Crippen molar-refractivity contribution in [3.8, 4) is 0 Å². The Labute approximate surface area is 128 Å². The first-order valence-electron chi connectivity index (χ1n) is 7.02. The van der Waals surface area contributed by atoms with Crippen molar-refractivity contribution < 1.29 is 4.79 Å². The molecule has 108 valence electrons. The molecule has 0 unspecified atom stereocenters. The number of aromatic nitrogens is 2. The maximum Gasteiger partial charge on any atom is 0.270 e. The average Bonchev–Trinajstić information content (AvgIpc) is 2.62. The summed E-state index contributed by atoms with van der Waals surface area (Å²) in [5, 5.41) is 3.00. The molecular weight excluding hydrogens is 274 g/mol. The van der Waals surface area contributed by atoms with E-state index in [-0.39, 0.29) is 11.9 Å². The van der Waals surface area contributed by atoms with Gasteiger partial charge < -0.3 is 5.32 Å². The number of benzene rings is 1. The lowest BCUT2D eigenvalue weighted by Gasteiger charge is -2.18. The van der Waals surface area contributed by atoms with E-state index in [0.29, 0.717) is 5.69 Å². The first kappa shape index (κ1) is 13.9. The maximum atomic E-state index is 12.4. The van der Waals surface area contributed by atoms with Crippen molar-refractivity contribution in [3.05, 3.63) is 96.1 Å². The summed E-state index contributed by atoms with van der Waals surface area (Å²) in [4.78, 5) is 20.9. The molecule has 0 aliphatic carbocycles. The molecule has 0 saturated heterocycles. The molecule has 4 nitrogen and oxygen atoms in total. The van der Waals surface area contributed by atoms with Crippen molar-refractivity contribution >= 4 is 5.91 Å². The number of nitrogens with one attached hydrogen (secondary N) is 1. The molecule has 0 fully saturated rings. The Balaban J connectivity index is 1.91. The standard InChI is InChI=1S/C18H15N3O/c22-18(16-11-5-7-13-20-16)21-17(14-8-2-1-3-9-14)15-10-4-6-12-19-15/h1-13,17H,(H,21,22)/t17-/m0/s1. The second-order valence-electron chi connectivity index (χ2n) is 4.79. The molecule has 0 aliphatic rings. The van der Waals surface area contributed by atoms with Gasteiger partial charge >= 0.3 is 0 Å². The third-order valence-electron chi connectivity index (χ3n) is 3.29. The summed E-state index contributed by atoms with van der Waals surface area (Å²) in [5.74, 6) is -0.222. The first-order chi connectivity index (χ1) is 10.8. The molecular formula is C18H15N3O. The van der Waals surface area contributed by atoms with Gasteiger partial charge in [0.1, 0.15) is 5.69 Å². The highest BCUT2D eigenvalue weighted by atomic mass is 16.1. The fourth-order valence-electron chi connectivity index (χ4n) is 2.22. The SMILES string of the molecule is O=C(N[C@@H](c1ccccc1)c1ccccn1)c1ccccn1. The van der Waals surface area contributed by atoms with Gasteiger partial charge in [0, 0.05) is 12.4 Å². The van der Waals surface area contributed by atoms with Crippen LogP contribution in [0, 0.1) is 0 Å². The third-order valence-corrected chi connectivity index (χ3v) is 3.29. The number of rotatable bonds is 4. The largest absolute Gasteiger partial charge is 0.338 e. The van der Waals surface area contributed by atoms with Gasteiger partial charge in [-0.3, -0.25) is 14.8 Å². The second kappa shape index (κ2) is 6.63. The van der Waals surface area contributed by atoms with E-state index in [0.717, 1.165) is 11.3 Å². The van der Waals surface area contributed by atoms with E-state index in [1.165, 1.54) is 0 Å². The predicted molar refractivity (Wildman–Crippen MR) is 84.2 cm³/mol. The van der Waals surface area contributed by atoms with Gasteiger partial charge in [-0.15, -0.1) is 0 Å². The summed E-state index contributed by atoms with van der Waals surface area (Å²) < 4.78 is 0. The first-order valence-corrected chi connectivity index (χ1v) is 7.02. The molecule has 1 aromatic carbocycles. The molecule has 22 heavy (non-hydrogen) atoms. The predicted octanol–water partition coefficient (Wildman–Crippen LogP) is 3.00. The highest BCUT2D eigenvalue weighted by Crippen LogP contribution is 2.20. The Morgan fingerprint density at radius 3 is 2.14 bits per heavy atom. The van der Waals surface area contributed by atoms with Gasteiger partial charge in [0.25, 0.3) is 5.91 Å². The molecule has 1 amide bonds. The molecule has 2 aromatic heterocycles. The highest BCUT2D eigenvalue weighted by molar-refractivity contribution is 5.92. The second-order valence-corrected chi connectivity index (χ2v) is 4.79. The van der Waals surface area contributed by atoms with Crippen molar-refractivity contribution in [3.63, 3.8) is 0 Å². The Morgan fingerprint density at radius 1 is 0.818 bits per heavy atom. The fourth-order valence-corrected chi connectivity index (χ4v) is 2.22. The van der Waals surface area contributed by atoms with Crippen LogP contribution in [0.15, 0.2) is 79.1 Å². The molecule has 0 saturated carbocycles. The molecule has 0 spiro atoms. The molecule has 0 bridgehead atoms. The van der Waals surface area contributed by atoms with Gasteiger partial charge in [-0.05, 0) is 29.8 Å². The number of pyridine rings is 2. The van der Waals surface area contributed by atoms with Gasteiger partial charge in [-0.2, -0.15) is 0 Å². The van der Waals surface area contributed by atoms with Crippen molar-refractivity contribution in [1.82, 2.24) is 15.3 Å². The van der Waals surface area contributed by atoms with E-state index in [1.54, 1.807) is 30.6 Å². The van der Waals surface area contributed by atoms with Crippen LogP contribution >= 0.6 is 0 Å². The van der Waals surface area contributed by atoms with Crippen LogP contribution in [0.2, 0.25) is 0 Å². The van der Waals surface area contributed by atoms with Crippen LogP contribution in [0.5, 0.6) is 0 Å². The van der Waals surface area contributed by atoms with E-state index in [4.69, 9.17) is 0 Å². The van der Waals surface area contributed by atoms with Gasteiger partial charge in [-0.25, -0.2) is 0 Å². The Kier molecular flexibility index (Phi) is 4.20. The van der Waals surface area contributed by atoms with Gasteiger partial charge in [0.15, 0.2) is 0 Å². The summed E-state index contributed by atoms with van der Waals surface area (Å²) >= 11 is 0. The van der Waals surface area contributed by atoms with E-state index in [1.807, 2.05) is 48.5 Å². The minimum Gasteiger partial charge on any atom is -0.338 e. The summed E-state index contributed by atoms with van der Waals surface area (Å²) in [6, 6.07) is 20.4. The fraction of sp³-hybridized carbons (Fsp3) is 0.0556. The molecule has 1 N–H and O–H groups in total. The average molecular weight is 289 g/mol. The number of carbonyl (C=O) groups is 1. The van der Waals surface area contributed by atoms with Crippen molar-refractivity contribution in [2.45, 2.75) is 6.04 Å². The minimum absolute atomic E-state index is 0.222. The van der Waals surface area contributed by atoms with E-state index >= 15 is 0 Å². The van der Waals surface area contributed by atoms with Crippen molar-refractivity contribution in [1.29, 1.82) is 0 Å². The van der Waals surface area contributed by atoms with Crippen molar-refractivity contribution in [2.24, 2.45) is 0 Å². The summed E-state index contributed by atoms with van der Waals surface area (Å²) in [6.45, 7) is 0. The van der Waals surface area contributed by atoms with E-state index in [2.05, 4.69) is 15.3 Å². The zero-order valence-electron chi connectivity index (χ0n) is 11.9. The van der Waals surface area contributed by atoms with E-state index < -0.39 is 0 Å². The van der Waals surface area contributed by atoms with Crippen LogP contribution < -0.4 is 5.32 Å². The number of nitrogens with zero attached hydrogens (tertiary/aromatic N) is 2. The van der Waals surface area contributed by atoms with Gasteiger partial charge in [0.2, 0.25) is 0 Å². The molecule has 3 aromatic rings. The molecule has 0 aliphatic heterocycles. The highest BCUT2D eigenvalue weighted by Gasteiger charge is 2.19.